The fraction of sp³-hybridized carbons (Fsp3) is 0.545. The van der Waals surface area contributed by atoms with Gasteiger partial charge in [0.25, 0.3) is 0 Å². The molecule has 82 valence electrons. The smallest absolute Gasteiger partial charge is 0.129 e. The molecule has 1 aliphatic heterocycles. The van der Waals surface area contributed by atoms with Crippen molar-refractivity contribution >= 4 is 11.6 Å². The molecule has 1 aliphatic rings. The van der Waals surface area contributed by atoms with E-state index >= 15 is 0 Å². The van der Waals surface area contributed by atoms with Gasteiger partial charge in [0, 0.05) is 38.9 Å². The summed E-state index contributed by atoms with van der Waals surface area (Å²) in [5.41, 5.74) is 1.25. The lowest BCUT2D eigenvalue weighted by Crippen LogP contribution is -2.43. The molecular weight excluding hydrogens is 210 g/mol. The third kappa shape index (κ3) is 3.16. The van der Waals surface area contributed by atoms with Gasteiger partial charge in [0.05, 0.1) is 0 Å². The van der Waals surface area contributed by atoms with Crippen molar-refractivity contribution in [1.82, 2.24) is 14.8 Å². The van der Waals surface area contributed by atoms with Gasteiger partial charge in [-0.25, -0.2) is 4.98 Å². The second-order valence-corrected chi connectivity index (χ2v) is 4.45. The highest BCUT2D eigenvalue weighted by Crippen LogP contribution is 2.11. The number of aromatic nitrogens is 1. The Morgan fingerprint density at radius 3 is 2.73 bits per heavy atom. The van der Waals surface area contributed by atoms with Crippen molar-refractivity contribution in [1.29, 1.82) is 0 Å². The van der Waals surface area contributed by atoms with Crippen molar-refractivity contribution < 1.29 is 0 Å². The van der Waals surface area contributed by atoms with Crippen molar-refractivity contribution in [3.05, 3.63) is 29.0 Å². The van der Waals surface area contributed by atoms with Crippen LogP contribution < -0.4 is 0 Å². The zero-order valence-corrected chi connectivity index (χ0v) is 9.74. The molecule has 0 aromatic carbocycles. The van der Waals surface area contributed by atoms with E-state index in [2.05, 4.69) is 21.8 Å². The Labute approximate surface area is 95.7 Å². The van der Waals surface area contributed by atoms with Crippen LogP contribution in [0.15, 0.2) is 18.3 Å². The lowest BCUT2D eigenvalue weighted by molar-refractivity contribution is 0.148. The molecule has 0 unspecified atom stereocenters. The van der Waals surface area contributed by atoms with Crippen molar-refractivity contribution in [2.24, 2.45) is 0 Å². The highest BCUT2D eigenvalue weighted by atomic mass is 35.5. The first-order chi connectivity index (χ1) is 7.24. The molecule has 0 aliphatic carbocycles. The van der Waals surface area contributed by atoms with Gasteiger partial charge in [-0.1, -0.05) is 11.6 Å². The molecule has 0 amide bonds. The number of hydrogen-bond donors (Lipinski definition) is 0. The molecule has 3 nitrogen and oxygen atoms in total. The molecule has 1 aromatic rings. The maximum Gasteiger partial charge on any atom is 0.129 e. The van der Waals surface area contributed by atoms with E-state index in [1.54, 1.807) is 6.20 Å². The summed E-state index contributed by atoms with van der Waals surface area (Å²) < 4.78 is 0. The first kappa shape index (κ1) is 10.9. The third-order valence-electron chi connectivity index (χ3n) is 2.79. The lowest BCUT2D eigenvalue weighted by atomic mass is 10.2. The first-order valence-corrected chi connectivity index (χ1v) is 5.63. The predicted molar refractivity (Wildman–Crippen MR) is 62.0 cm³/mol. The summed E-state index contributed by atoms with van der Waals surface area (Å²) in [5, 5.41) is 0.585. The minimum atomic E-state index is 0.585. The molecule has 0 bridgehead atoms. The Balaban J connectivity index is 1.92. The normalized spacial score (nSPS) is 19.3. The van der Waals surface area contributed by atoms with E-state index in [0.717, 1.165) is 32.7 Å². The van der Waals surface area contributed by atoms with Crippen LogP contribution in [-0.2, 0) is 6.54 Å². The van der Waals surface area contributed by atoms with Crippen LogP contribution >= 0.6 is 11.6 Å². The van der Waals surface area contributed by atoms with E-state index in [1.807, 2.05) is 12.1 Å². The minimum absolute atomic E-state index is 0.585. The minimum Gasteiger partial charge on any atom is -0.304 e. The summed E-state index contributed by atoms with van der Waals surface area (Å²) in [6, 6.07) is 3.98. The van der Waals surface area contributed by atoms with Crippen molar-refractivity contribution in [2.75, 3.05) is 33.2 Å². The summed E-state index contributed by atoms with van der Waals surface area (Å²) in [6.07, 6.45) is 1.77. The average molecular weight is 226 g/mol. The number of nitrogens with zero attached hydrogens (tertiary/aromatic N) is 3. The van der Waals surface area contributed by atoms with Gasteiger partial charge in [0.1, 0.15) is 5.15 Å². The fourth-order valence-electron chi connectivity index (χ4n) is 1.81. The van der Waals surface area contributed by atoms with Crippen LogP contribution in [0.25, 0.3) is 0 Å². The summed E-state index contributed by atoms with van der Waals surface area (Å²) in [4.78, 5) is 8.79. The van der Waals surface area contributed by atoms with Gasteiger partial charge in [-0.3, -0.25) is 4.90 Å². The Kier molecular flexibility index (Phi) is 3.57. The van der Waals surface area contributed by atoms with E-state index in [4.69, 9.17) is 11.6 Å². The summed E-state index contributed by atoms with van der Waals surface area (Å²) in [6.45, 7) is 5.56. The van der Waals surface area contributed by atoms with Crippen LogP contribution in [0, 0.1) is 0 Å². The van der Waals surface area contributed by atoms with E-state index in [-0.39, 0.29) is 0 Å². The summed E-state index contributed by atoms with van der Waals surface area (Å²) >= 11 is 5.85. The number of hydrogen-bond acceptors (Lipinski definition) is 3. The van der Waals surface area contributed by atoms with E-state index < -0.39 is 0 Å². The van der Waals surface area contributed by atoms with Gasteiger partial charge in [0.2, 0.25) is 0 Å². The molecule has 0 saturated carbocycles. The van der Waals surface area contributed by atoms with Crippen LogP contribution in [0.3, 0.4) is 0 Å². The molecule has 2 heterocycles. The Bertz CT molecular complexity index is 321. The summed E-state index contributed by atoms with van der Waals surface area (Å²) in [7, 11) is 2.17. The molecule has 4 heteroatoms. The zero-order valence-electron chi connectivity index (χ0n) is 8.99. The molecule has 0 spiro atoms. The maximum absolute atomic E-state index is 5.85. The maximum atomic E-state index is 5.85. The quantitative estimate of drug-likeness (QED) is 0.711. The van der Waals surface area contributed by atoms with Gasteiger partial charge in [-0.2, -0.15) is 0 Å². The Morgan fingerprint density at radius 1 is 1.33 bits per heavy atom. The van der Waals surface area contributed by atoms with Crippen LogP contribution in [-0.4, -0.2) is 48.0 Å². The molecule has 0 radical (unpaired) electrons. The monoisotopic (exact) mass is 225 g/mol. The SMILES string of the molecule is CN1CCN(Cc2ccnc(Cl)c2)CC1. The molecule has 2 rings (SSSR count). The predicted octanol–water partition coefficient (Wildman–Crippen LogP) is 1.48. The number of halogens is 1. The summed E-state index contributed by atoms with van der Waals surface area (Å²) in [5.74, 6) is 0. The zero-order chi connectivity index (χ0) is 10.7. The van der Waals surface area contributed by atoms with Crippen LogP contribution in [0.1, 0.15) is 5.56 Å². The second kappa shape index (κ2) is 4.92. The highest BCUT2D eigenvalue weighted by molar-refractivity contribution is 6.29. The largest absolute Gasteiger partial charge is 0.304 e. The van der Waals surface area contributed by atoms with Crippen LogP contribution in [0.4, 0.5) is 0 Å². The number of rotatable bonds is 2. The van der Waals surface area contributed by atoms with Gasteiger partial charge < -0.3 is 4.90 Å². The molecule has 0 atom stereocenters. The Morgan fingerprint density at radius 2 is 2.07 bits per heavy atom. The van der Waals surface area contributed by atoms with Crippen molar-refractivity contribution in [3.8, 4) is 0 Å². The van der Waals surface area contributed by atoms with Crippen molar-refractivity contribution in [3.63, 3.8) is 0 Å². The standard InChI is InChI=1S/C11H16ClN3/c1-14-4-6-15(7-5-14)9-10-2-3-13-11(12)8-10/h2-3,8H,4-7,9H2,1H3. The number of piperazine rings is 1. The highest BCUT2D eigenvalue weighted by Gasteiger charge is 2.13. The molecule has 1 aromatic heterocycles. The molecule has 1 fully saturated rings. The molecule has 15 heavy (non-hydrogen) atoms. The van der Waals surface area contributed by atoms with Gasteiger partial charge in [0.15, 0.2) is 0 Å². The lowest BCUT2D eigenvalue weighted by Gasteiger charge is -2.32. The average Bonchev–Trinajstić information content (AvgIpc) is 2.22. The van der Waals surface area contributed by atoms with Crippen LogP contribution in [0.2, 0.25) is 5.15 Å². The van der Waals surface area contributed by atoms with Gasteiger partial charge >= 0.3 is 0 Å². The van der Waals surface area contributed by atoms with Gasteiger partial charge in [-0.05, 0) is 24.7 Å². The number of likely N-dealkylation sites (N-methyl/N-ethyl adjacent to an activating group) is 1. The Hall–Kier alpha value is -0.640. The van der Waals surface area contributed by atoms with Gasteiger partial charge in [-0.15, -0.1) is 0 Å². The molecule has 1 saturated heterocycles. The van der Waals surface area contributed by atoms with E-state index in [1.165, 1.54) is 5.56 Å². The molecular formula is C11H16ClN3. The van der Waals surface area contributed by atoms with E-state index in [9.17, 15) is 0 Å². The van der Waals surface area contributed by atoms with Crippen LogP contribution in [0.5, 0.6) is 0 Å². The van der Waals surface area contributed by atoms with E-state index in [0.29, 0.717) is 5.15 Å². The van der Waals surface area contributed by atoms with Crippen molar-refractivity contribution in [2.45, 2.75) is 6.54 Å². The topological polar surface area (TPSA) is 19.4 Å². The second-order valence-electron chi connectivity index (χ2n) is 4.07. The number of pyridine rings is 1. The molecule has 0 N–H and O–H groups in total. The third-order valence-corrected chi connectivity index (χ3v) is 3.00. The first-order valence-electron chi connectivity index (χ1n) is 5.25. The fourth-order valence-corrected chi connectivity index (χ4v) is 2.00.